The summed E-state index contributed by atoms with van der Waals surface area (Å²) in [5.41, 5.74) is -5.15. The Morgan fingerprint density at radius 1 is 0.900 bits per heavy atom. The molecule has 9 heteroatoms. The van der Waals surface area contributed by atoms with Crippen LogP contribution in [0.1, 0.15) is 150 Å². The first kappa shape index (κ1) is 39.2. The van der Waals surface area contributed by atoms with Gasteiger partial charge in [0.1, 0.15) is 17.4 Å². The molecule has 5 aliphatic rings. The number of Topliss-reactive ketones (excluding diaryl/α,β-unsaturated/α-hetero) is 1. The average Bonchev–Trinajstić information content (AvgIpc) is 3.40. The van der Waals surface area contributed by atoms with Crippen LogP contribution in [0.4, 0.5) is 8.78 Å². The number of carbonyl (C=O) groups is 3. The molecule has 0 aromatic rings. The Bertz CT molecular complexity index is 1280. The van der Waals surface area contributed by atoms with Crippen molar-refractivity contribution in [1.29, 1.82) is 0 Å². The van der Waals surface area contributed by atoms with Crippen molar-refractivity contribution < 1.29 is 42.5 Å². The molecule has 10 atom stereocenters. The molecule has 0 bridgehead atoms. The summed E-state index contributed by atoms with van der Waals surface area (Å²) in [6.45, 7) is 7.30. The summed E-state index contributed by atoms with van der Waals surface area (Å²) in [5.74, 6) is -2.58. The number of aliphatic hydroxyl groups excluding tert-OH is 1. The minimum atomic E-state index is -1.80. The lowest BCUT2D eigenvalue weighted by atomic mass is 9.45. The van der Waals surface area contributed by atoms with Gasteiger partial charge < -0.3 is 19.3 Å². The van der Waals surface area contributed by atoms with Crippen LogP contribution in [0, 0.1) is 22.7 Å². The van der Waals surface area contributed by atoms with Crippen LogP contribution in [0.3, 0.4) is 0 Å². The van der Waals surface area contributed by atoms with Gasteiger partial charge in [0.15, 0.2) is 24.8 Å². The second-order valence-electron chi connectivity index (χ2n) is 16.4. The number of ether oxygens (including phenoxy) is 3. The molecule has 282 valence electrons. The second-order valence-corrected chi connectivity index (χ2v) is 16.4. The van der Waals surface area contributed by atoms with Crippen LogP contribution in [0.25, 0.3) is 0 Å². The Balaban J connectivity index is 1.26. The van der Waals surface area contributed by atoms with Crippen molar-refractivity contribution in [2.75, 3.05) is 6.61 Å². The fourth-order valence-corrected chi connectivity index (χ4v) is 10.4. The summed E-state index contributed by atoms with van der Waals surface area (Å²) in [4.78, 5) is 39.8. The fraction of sp³-hybridized carbons (Fsp3) is 0.829. The maximum absolute atomic E-state index is 17.5. The molecule has 3 saturated carbocycles. The van der Waals surface area contributed by atoms with Gasteiger partial charge in [-0.15, -0.1) is 0 Å². The lowest BCUT2D eigenvalue weighted by Gasteiger charge is -2.61. The smallest absolute Gasteiger partial charge is 0.338 e. The normalized spacial score (nSPS) is 39.1. The second kappa shape index (κ2) is 16.4. The molecule has 0 amide bonds. The summed E-state index contributed by atoms with van der Waals surface area (Å²) in [5, 5.41) is 11.2. The molecule has 1 heterocycles. The van der Waals surface area contributed by atoms with Gasteiger partial charge >= 0.3 is 5.97 Å². The van der Waals surface area contributed by atoms with E-state index in [0.29, 0.717) is 32.1 Å². The van der Waals surface area contributed by atoms with Crippen LogP contribution < -0.4 is 0 Å². The lowest BCUT2D eigenvalue weighted by molar-refractivity contribution is -0.265. The predicted octanol–water partition coefficient (Wildman–Crippen LogP) is 8.79. The minimum Gasteiger partial charge on any atom is -0.456 e. The molecule has 5 rings (SSSR count). The topological polar surface area (TPSA) is 99.1 Å². The van der Waals surface area contributed by atoms with Gasteiger partial charge in [0.2, 0.25) is 5.78 Å². The molecule has 1 N–H and O–H groups in total. The maximum Gasteiger partial charge on any atom is 0.338 e. The molecule has 3 unspecified atom stereocenters. The Kier molecular flexibility index (Phi) is 12.8. The van der Waals surface area contributed by atoms with Gasteiger partial charge in [-0.2, -0.15) is 0 Å². The van der Waals surface area contributed by atoms with Crippen molar-refractivity contribution in [2.45, 2.75) is 186 Å². The van der Waals surface area contributed by atoms with Crippen LogP contribution in [-0.4, -0.2) is 65.2 Å². The van der Waals surface area contributed by atoms with Crippen molar-refractivity contribution >= 4 is 17.5 Å². The monoisotopic (exact) mass is 704 g/mol. The van der Waals surface area contributed by atoms with Crippen molar-refractivity contribution in [3.05, 3.63) is 23.8 Å². The van der Waals surface area contributed by atoms with Gasteiger partial charge in [0.25, 0.3) is 0 Å². The van der Waals surface area contributed by atoms with Gasteiger partial charge in [-0.3, -0.25) is 9.59 Å². The Morgan fingerprint density at radius 3 is 2.22 bits per heavy atom. The summed E-state index contributed by atoms with van der Waals surface area (Å²) >= 11 is 0. The van der Waals surface area contributed by atoms with Gasteiger partial charge in [-0.25, -0.2) is 13.6 Å². The largest absolute Gasteiger partial charge is 0.456 e. The van der Waals surface area contributed by atoms with E-state index in [-0.39, 0.29) is 36.5 Å². The molecule has 7 nitrogen and oxygen atoms in total. The third-order valence-corrected chi connectivity index (χ3v) is 13.4. The van der Waals surface area contributed by atoms with Crippen LogP contribution in [0.2, 0.25) is 0 Å². The lowest BCUT2D eigenvalue weighted by Crippen LogP contribution is -2.65. The standard InChI is InChI=1S/C41H62F2O7/c1-5-7-8-9-10-11-12-13-14-15-16-18-33(45)36-37(47)48-27-34(46)41(50-35(49-36)17-6-2)22-20-29-30-26-32(42)31-25-28(44)19-21-38(31,3)40(30,43)24-23-39(29,41)4/h19,21,25,29-30,32-33,35-36,45H,5-18,20,22-24,26-27H2,1-4H3/t29-,30-,32-,33?,35?,36?,38-,39-,40+,41-/m0/s1. The number of unbranched alkanes of at least 4 members (excludes halogenated alkanes) is 10. The van der Waals surface area contributed by atoms with Crippen molar-refractivity contribution in [3.63, 3.8) is 0 Å². The quantitative estimate of drug-likeness (QED) is 0.134. The molecule has 50 heavy (non-hydrogen) atoms. The highest BCUT2D eigenvalue weighted by atomic mass is 19.1. The summed E-state index contributed by atoms with van der Waals surface area (Å²) in [6, 6.07) is 0. The molecule has 1 spiro atoms. The van der Waals surface area contributed by atoms with Crippen molar-refractivity contribution in [2.24, 2.45) is 22.7 Å². The summed E-state index contributed by atoms with van der Waals surface area (Å²) in [6.07, 6.45) is 14.6. The van der Waals surface area contributed by atoms with Crippen LogP contribution in [0.15, 0.2) is 23.8 Å². The molecule has 4 fully saturated rings. The third-order valence-electron chi connectivity index (χ3n) is 13.4. The zero-order chi connectivity index (χ0) is 36.2. The van der Waals surface area contributed by atoms with Gasteiger partial charge in [0, 0.05) is 16.7 Å². The van der Waals surface area contributed by atoms with E-state index in [9.17, 15) is 19.5 Å². The fourth-order valence-electron chi connectivity index (χ4n) is 10.4. The number of halogens is 2. The van der Waals surface area contributed by atoms with Crippen LogP contribution in [0.5, 0.6) is 0 Å². The van der Waals surface area contributed by atoms with E-state index >= 15 is 8.78 Å². The SMILES string of the molecule is CCCCCCCCCCCCCC(O)C1OC(CCC)O[C@@]2(CC[C@H]3[C@@H]4C[C@H](F)C5=CC(=O)C=C[C@]5(C)[C@@]4(F)CC[C@@]32C)C(=O)COC1=O. The molecule has 1 saturated heterocycles. The molecule has 4 aliphatic carbocycles. The number of rotatable bonds is 15. The van der Waals surface area contributed by atoms with E-state index in [1.165, 1.54) is 57.1 Å². The average molecular weight is 705 g/mol. The number of cyclic esters (lactones) is 1. The third kappa shape index (κ3) is 7.31. The van der Waals surface area contributed by atoms with Gasteiger partial charge in [0.05, 0.1) is 6.10 Å². The van der Waals surface area contributed by atoms with Crippen molar-refractivity contribution in [3.8, 4) is 0 Å². The van der Waals surface area contributed by atoms with E-state index in [4.69, 9.17) is 14.2 Å². The maximum atomic E-state index is 17.5. The zero-order valence-electron chi connectivity index (χ0n) is 31.0. The van der Waals surface area contributed by atoms with Gasteiger partial charge in [-0.05, 0) is 75.5 Å². The highest BCUT2D eigenvalue weighted by Gasteiger charge is 2.73. The number of alkyl halides is 2. The number of hydrogen-bond acceptors (Lipinski definition) is 7. The Labute approximate surface area is 298 Å². The molecule has 0 aromatic heterocycles. The Hall–Kier alpha value is -1.97. The highest BCUT2D eigenvalue weighted by Crippen LogP contribution is 2.71. The van der Waals surface area contributed by atoms with Gasteiger partial charge in [-0.1, -0.05) is 104 Å². The molecular formula is C41H62F2O7. The summed E-state index contributed by atoms with van der Waals surface area (Å²) < 4.78 is 52.0. The minimum absolute atomic E-state index is 0.0687. The van der Waals surface area contributed by atoms with E-state index in [1.54, 1.807) is 13.0 Å². The number of hydrogen-bond donors (Lipinski definition) is 1. The van der Waals surface area contributed by atoms with Crippen LogP contribution in [-0.2, 0) is 28.6 Å². The number of ketones is 2. The van der Waals surface area contributed by atoms with E-state index in [2.05, 4.69) is 6.92 Å². The number of carbonyl (C=O) groups excluding carboxylic acids is 3. The number of esters is 1. The molecular weight excluding hydrogens is 642 g/mol. The summed E-state index contributed by atoms with van der Waals surface area (Å²) in [7, 11) is 0. The first-order valence-corrected chi connectivity index (χ1v) is 19.9. The molecule has 0 radical (unpaired) electrons. The molecule has 1 aliphatic heterocycles. The number of aliphatic hydroxyl groups is 1. The predicted molar refractivity (Wildman–Crippen MR) is 188 cm³/mol. The number of allylic oxidation sites excluding steroid dienone is 4. The first-order valence-electron chi connectivity index (χ1n) is 19.9. The highest BCUT2D eigenvalue weighted by molar-refractivity contribution is 6.01. The zero-order valence-corrected chi connectivity index (χ0v) is 31.0. The van der Waals surface area contributed by atoms with Crippen LogP contribution >= 0.6 is 0 Å². The first-order chi connectivity index (χ1) is 23.9. The van der Waals surface area contributed by atoms with E-state index < -0.39 is 71.0 Å². The number of fused-ring (bicyclic) bond motifs is 6. The van der Waals surface area contributed by atoms with E-state index in [0.717, 1.165) is 25.7 Å². The van der Waals surface area contributed by atoms with Crippen molar-refractivity contribution in [1.82, 2.24) is 0 Å². The Morgan fingerprint density at radius 2 is 1.56 bits per heavy atom. The van der Waals surface area contributed by atoms with E-state index in [1.807, 2.05) is 13.8 Å². The molecule has 0 aromatic carbocycles.